The lowest BCUT2D eigenvalue weighted by Crippen LogP contribution is -2.18. The van der Waals surface area contributed by atoms with E-state index >= 15 is 0 Å². The zero-order valence-electron chi connectivity index (χ0n) is 17.3. The van der Waals surface area contributed by atoms with Crippen molar-refractivity contribution in [1.82, 2.24) is 4.98 Å². The number of nitrogens with one attached hydrogen (secondary N) is 2. The van der Waals surface area contributed by atoms with E-state index in [0.29, 0.717) is 54.6 Å². The van der Waals surface area contributed by atoms with Crippen molar-refractivity contribution >= 4 is 34.8 Å². The number of hydrogen-bond acceptors (Lipinski definition) is 5. The van der Waals surface area contributed by atoms with E-state index < -0.39 is 0 Å². The van der Waals surface area contributed by atoms with Crippen molar-refractivity contribution in [2.75, 3.05) is 17.2 Å². The van der Waals surface area contributed by atoms with E-state index in [9.17, 15) is 9.59 Å². The predicted octanol–water partition coefficient (Wildman–Crippen LogP) is 5.21. The molecular formula is C24H22ClN3O4. The summed E-state index contributed by atoms with van der Waals surface area (Å²) in [4.78, 5) is 27.8. The summed E-state index contributed by atoms with van der Waals surface area (Å²) in [6.07, 6.45) is 3.64. The summed E-state index contributed by atoms with van der Waals surface area (Å²) in [6.45, 7) is 0.421. The summed E-state index contributed by atoms with van der Waals surface area (Å²) in [6, 6.07) is 16.0. The fraction of sp³-hybridized carbons (Fsp3) is 0.208. The van der Waals surface area contributed by atoms with Crippen LogP contribution in [0, 0.1) is 0 Å². The van der Waals surface area contributed by atoms with Gasteiger partial charge in [-0.2, -0.15) is 0 Å². The van der Waals surface area contributed by atoms with Crippen LogP contribution < -0.4 is 20.1 Å². The third-order valence-corrected chi connectivity index (χ3v) is 5.10. The molecule has 2 heterocycles. The molecule has 0 radical (unpaired) electrons. The summed E-state index contributed by atoms with van der Waals surface area (Å²) >= 11 is 5.86. The lowest BCUT2D eigenvalue weighted by atomic mass is 10.0. The third-order valence-electron chi connectivity index (χ3n) is 4.85. The van der Waals surface area contributed by atoms with Crippen LogP contribution >= 0.6 is 11.6 Å². The number of hydrogen-bond donors (Lipinski definition) is 2. The Balaban J connectivity index is 1.19. The van der Waals surface area contributed by atoms with Gasteiger partial charge < -0.3 is 20.1 Å². The second-order valence-electron chi connectivity index (χ2n) is 7.31. The van der Waals surface area contributed by atoms with Crippen LogP contribution in [0.4, 0.5) is 11.4 Å². The van der Waals surface area contributed by atoms with Gasteiger partial charge in [0.05, 0.1) is 18.5 Å². The minimum atomic E-state index is -0.116. The van der Waals surface area contributed by atoms with Crippen LogP contribution in [-0.2, 0) is 16.0 Å². The van der Waals surface area contributed by atoms with Gasteiger partial charge in [-0.25, -0.2) is 4.98 Å². The van der Waals surface area contributed by atoms with E-state index in [1.54, 1.807) is 42.6 Å². The Bertz CT molecular complexity index is 1100. The van der Waals surface area contributed by atoms with Gasteiger partial charge in [0, 0.05) is 29.6 Å². The van der Waals surface area contributed by atoms with E-state index in [-0.39, 0.29) is 11.8 Å². The molecule has 0 aliphatic carbocycles. The van der Waals surface area contributed by atoms with Gasteiger partial charge in [-0.05, 0) is 66.9 Å². The quantitative estimate of drug-likeness (QED) is 0.459. The van der Waals surface area contributed by atoms with Crippen LogP contribution in [0.15, 0.2) is 60.8 Å². The van der Waals surface area contributed by atoms with E-state index in [0.717, 1.165) is 17.0 Å². The van der Waals surface area contributed by atoms with Crippen LogP contribution in [0.25, 0.3) is 0 Å². The standard InChI is InChI=1S/C24H22ClN3O4/c25-17-4-7-19(8-5-17)32-24-12-6-18(15-26-24)27-22(29)2-1-13-31-20-9-10-21-16(14-20)3-11-23(30)28-21/h4-10,12,14-15H,1-3,11,13H2,(H,27,29)(H,28,30). The Morgan fingerprint density at radius 1 is 1.06 bits per heavy atom. The van der Waals surface area contributed by atoms with Gasteiger partial charge in [0.25, 0.3) is 0 Å². The van der Waals surface area contributed by atoms with Gasteiger partial charge in [-0.3, -0.25) is 9.59 Å². The average Bonchev–Trinajstić information content (AvgIpc) is 2.79. The number of carbonyl (C=O) groups is 2. The molecule has 2 N–H and O–H groups in total. The molecular weight excluding hydrogens is 430 g/mol. The van der Waals surface area contributed by atoms with E-state index in [4.69, 9.17) is 21.1 Å². The SMILES string of the molecule is O=C(CCCOc1ccc2c(c1)CCC(=O)N2)Nc1ccc(Oc2ccc(Cl)cc2)nc1. The Morgan fingerprint density at radius 3 is 2.66 bits per heavy atom. The fourth-order valence-corrected chi connectivity index (χ4v) is 3.36. The second-order valence-corrected chi connectivity index (χ2v) is 7.74. The molecule has 7 nitrogen and oxygen atoms in total. The number of ether oxygens (including phenoxy) is 2. The number of fused-ring (bicyclic) bond motifs is 1. The van der Waals surface area contributed by atoms with E-state index in [1.807, 2.05) is 18.2 Å². The maximum absolute atomic E-state index is 12.2. The minimum absolute atomic E-state index is 0.0381. The molecule has 0 atom stereocenters. The first-order valence-electron chi connectivity index (χ1n) is 10.3. The highest BCUT2D eigenvalue weighted by atomic mass is 35.5. The van der Waals surface area contributed by atoms with Crippen molar-refractivity contribution in [3.05, 3.63) is 71.4 Å². The average molecular weight is 452 g/mol. The first-order valence-corrected chi connectivity index (χ1v) is 10.7. The molecule has 0 spiro atoms. The molecule has 1 aromatic heterocycles. The predicted molar refractivity (Wildman–Crippen MR) is 123 cm³/mol. The van der Waals surface area contributed by atoms with Gasteiger partial charge in [0.1, 0.15) is 11.5 Å². The number of aryl methyl sites for hydroxylation is 1. The summed E-state index contributed by atoms with van der Waals surface area (Å²) in [5.41, 5.74) is 2.50. The first kappa shape index (κ1) is 21.6. The summed E-state index contributed by atoms with van der Waals surface area (Å²) in [5.74, 6) is 1.71. The van der Waals surface area contributed by atoms with Gasteiger partial charge in [0.15, 0.2) is 0 Å². The Kier molecular flexibility index (Phi) is 6.87. The summed E-state index contributed by atoms with van der Waals surface area (Å²) < 4.78 is 11.4. The minimum Gasteiger partial charge on any atom is -0.494 e. The Morgan fingerprint density at radius 2 is 1.88 bits per heavy atom. The third kappa shape index (κ3) is 5.98. The van der Waals surface area contributed by atoms with Crippen molar-refractivity contribution in [3.8, 4) is 17.4 Å². The van der Waals surface area contributed by atoms with E-state index in [1.165, 1.54) is 0 Å². The highest BCUT2D eigenvalue weighted by Gasteiger charge is 2.15. The zero-order valence-corrected chi connectivity index (χ0v) is 18.0. The molecule has 1 aliphatic rings. The number of anilines is 2. The monoisotopic (exact) mass is 451 g/mol. The highest BCUT2D eigenvalue weighted by molar-refractivity contribution is 6.30. The largest absolute Gasteiger partial charge is 0.494 e. The normalized spacial score (nSPS) is 12.5. The summed E-state index contributed by atoms with van der Waals surface area (Å²) in [7, 11) is 0. The molecule has 164 valence electrons. The summed E-state index contributed by atoms with van der Waals surface area (Å²) in [5, 5.41) is 6.29. The smallest absolute Gasteiger partial charge is 0.224 e. The first-order chi connectivity index (χ1) is 15.5. The van der Waals surface area contributed by atoms with Gasteiger partial charge in [0.2, 0.25) is 17.7 Å². The fourth-order valence-electron chi connectivity index (χ4n) is 3.23. The molecule has 3 aromatic rings. The maximum atomic E-state index is 12.2. The molecule has 32 heavy (non-hydrogen) atoms. The number of pyridine rings is 1. The molecule has 8 heteroatoms. The van der Waals surface area contributed by atoms with Crippen LogP contribution in [0.2, 0.25) is 5.02 Å². The molecule has 4 rings (SSSR count). The number of halogens is 1. The van der Waals surface area contributed by atoms with Crippen molar-refractivity contribution < 1.29 is 19.1 Å². The van der Waals surface area contributed by atoms with Crippen molar-refractivity contribution in [2.24, 2.45) is 0 Å². The molecule has 0 saturated carbocycles. The lowest BCUT2D eigenvalue weighted by Gasteiger charge is -2.17. The van der Waals surface area contributed by atoms with Crippen molar-refractivity contribution in [1.29, 1.82) is 0 Å². The number of carbonyl (C=O) groups excluding carboxylic acids is 2. The van der Waals surface area contributed by atoms with Gasteiger partial charge in [-0.15, -0.1) is 0 Å². The van der Waals surface area contributed by atoms with Gasteiger partial charge >= 0.3 is 0 Å². The van der Waals surface area contributed by atoms with Crippen LogP contribution in [0.3, 0.4) is 0 Å². The molecule has 2 amide bonds. The highest BCUT2D eigenvalue weighted by Crippen LogP contribution is 2.27. The Hall–Kier alpha value is -3.58. The van der Waals surface area contributed by atoms with Gasteiger partial charge in [-0.1, -0.05) is 11.6 Å². The Labute approximate surface area is 190 Å². The van der Waals surface area contributed by atoms with Crippen LogP contribution in [0.1, 0.15) is 24.8 Å². The number of amides is 2. The number of rotatable bonds is 8. The molecule has 0 unspecified atom stereocenters. The zero-order chi connectivity index (χ0) is 22.3. The van der Waals surface area contributed by atoms with Crippen molar-refractivity contribution in [2.45, 2.75) is 25.7 Å². The topological polar surface area (TPSA) is 89.6 Å². The maximum Gasteiger partial charge on any atom is 0.224 e. The number of nitrogens with zero attached hydrogens (tertiary/aromatic N) is 1. The molecule has 0 bridgehead atoms. The molecule has 0 saturated heterocycles. The molecule has 1 aliphatic heterocycles. The van der Waals surface area contributed by atoms with Crippen molar-refractivity contribution in [3.63, 3.8) is 0 Å². The lowest BCUT2D eigenvalue weighted by molar-refractivity contribution is -0.117. The number of aromatic nitrogens is 1. The molecule has 2 aromatic carbocycles. The number of benzene rings is 2. The van der Waals surface area contributed by atoms with Crippen LogP contribution in [-0.4, -0.2) is 23.4 Å². The van der Waals surface area contributed by atoms with Crippen LogP contribution in [0.5, 0.6) is 17.4 Å². The molecule has 0 fully saturated rings. The second kappa shape index (κ2) is 10.2. The van der Waals surface area contributed by atoms with E-state index in [2.05, 4.69) is 15.6 Å².